The lowest BCUT2D eigenvalue weighted by Gasteiger charge is -2.20. The second kappa shape index (κ2) is 7.82. The molecule has 1 aliphatic rings. The summed E-state index contributed by atoms with van der Waals surface area (Å²) in [5.74, 6) is 2.26. The Hall–Kier alpha value is -2.18. The zero-order valence-corrected chi connectivity index (χ0v) is 16.4. The molecule has 1 amide bonds. The maximum Gasteiger partial charge on any atom is 0.259 e. The highest BCUT2D eigenvalue weighted by Crippen LogP contribution is 2.36. The van der Waals surface area contributed by atoms with Gasteiger partial charge in [0.05, 0.1) is 16.5 Å². The minimum absolute atomic E-state index is 0.0654. The van der Waals surface area contributed by atoms with Gasteiger partial charge in [0.25, 0.3) is 5.91 Å². The van der Waals surface area contributed by atoms with Crippen molar-refractivity contribution in [2.24, 2.45) is 0 Å². The van der Waals surface area contributed by atoms with Gasteiger partial charge in [0.1, 0.15) is 22.8 Å². The lowest BCUT2D eigenvalue weighted by atomic mass is 10.0. The quantitative estimate of drug-likeness (QED) is 0.601. The minimum atomic E-state index is -0.0654. The maximum atomic E-state index is 13.3. The molecule has 1 atom stereocenters. The van der Waals surface area contributed by atoms with Gasteiger partial charge in [-0.3, -0.25) is 4.79 Å². The summed E-state index contributed by atoms with van der Waals surface area (Å²) < 4.78 is 10.9. The number of aromatic nitrogens is 1. The zero-order valence-electron chi connectivity index (χ0n) is 14.9. The number of thioether (sulfide) groups is 1. The molecule has 0 aliphatic carbocycles. The molecule has 5 nitrogen and oxygen atoms in total. The van der Waals surface area contributed by atoms with Gasteiger partial charge in [-0.2, -0.15) is 0 Å². The lowest BCUT2D eigenvalue weighted by Crippen LogP contribution is -2.33. The van der Waals surface area contributed by atoms with Crippen molar-refractivity contribution in [2.45, 2.75) is 18.6 Å². The third kappa shape index (κ3) is 3.64. The summed E-state index contributed by atoms with van der Waals surface area (Å²) in [5.41, 5.74) is 1.70. The summed E-state index contributed by atoms with van der Waals surface area (Å²) in [4.78, 5) is 15.2. The van der Waals surface area contributed by atoms with Crippen LogP contribution in [0.1, 0.15) is 33.5 Å². The first-order valence-corrected chi connectivity index (χ1v) is 10.2. The Morgan fingerprint density at radius 1 is 1.26 bits per heavy atom. The van der Waals surface area contributed by atoms with Gasteiger partial charge in [0, 0.05) is 24.4 Å². The number of amides is 1. The smallest absolute Gasteiger partial charge is 0.259 e. The SMILES string of the molecule is Cc1onc(-c2ccccc2Cl)c1C(=O)N1CCSC(c2ccco2)CC1. The van der Waals surface area contributed by atoms with E-state index in [9.17, 15) is 4.79 Å². The number of aryl methyl sites for hydroxylation is 1. The van der Waals surface area contributed by atoms with Gasteiger partial charge in [0.2, 0.25) is 0 Å². The molecule has 0 radical (unpaired) electrons. The number of halogens is 1. The highest BCUT2D eigenvalue weighted by Gasteiger charge is 2.29. The highest BCUT2D eigenvalue weighted by molar-refractivity contribution is 7.99. The number of benzene rings is 1. The molecular weight excluding hydrogens is 384 g/mol. The first-order valence-electron chi connectivity index (χ1n) is 8.80. The molecule has 1 aliphatic heterocycles. The first-order chi connectivity index (χ1) is 13.1. The molecule has 3 aromatic rings. The fourth-order valence-corrected chi connectivity index (χ4v) is 4.70. The van der Waals surface area contributed by atoms with Crippen LogP contribution in [-0.4, -0.2) is 34.8 Å². The summed E-state index contributed by atoms with van der Waals surface area (Å²) in [7, 11) is 0. The Balaban J connectivity index is 1.58. The van der Waals surface area contributed by atoms with Crippen LogP contribution in [0.5, 0.6) is 0 Å². The molecule has 1 unspecified atom stereocenters. The molecule has 140 valence electrons. The minimum Gasteiger partial charge on any atom is -0.468 e. The number of hydrogen-bond donors (Lipinski definition) is 0. The van der Waals surface area contributed by atoms with Gasteiger partial charge in [-0.25, -0.2) is 0 Å². The molecule has 0 saturated carbocycles. The third-order valence-corrected chi connectivity index (χ3v) is 6.31. The Morgan fingerprint density at radius 2 is 2.11 bits per heavy atom. The average Bonchev–Trinajstić information content (AvgIpc) is 3.26. The van der Waals surface area contributed by atoms with Crippen LogP contribution in [0.2, 0.25) is 5.02 Å². The van der Waals surface area contributed by atoms with Gasteiger partial charge in [0.15, 0.2) is 0 Å². The Kier molecular flexibility index (Phi) is 5.27. The Labute approximate surface area is 166 Å². The number of nitrogens with zero attached hydrogens (tertiary/aromatic N) is 2. The third-order valence-electron chi connectivity index (χ3n) is 4.69. The molecule has 2 aromatic heterocycles. The van der Waals surface area contributed by atoms with E-state index < -0.39 is 0 Å². The van der Waals surface area contributed by atoms with E-state index in [4.69, 9.17) is 20.5 Å². The molecule has 7 heteroatoms. The number of furan rings is 1. The largest absolute Gasteiger partial charge is 0.468 e. The van der Waals surface area contributed by atoms with Gasteiger partial charge in [-0.1, -0.05) is 35.0 Å². The van der Waals surface area contributed by atoms with Crippen LogP contribution in [0.4, 0.5) is 0 Å². The van der Waals surface area contributed by atoms with Crippen molar-refractivity contribution in [3.05, 3.63) is 64.8 Å². The average molecular weight is 403 g/mol. The molecule has 4 rings (SSSR count). The van der Waals surface area contributed by atoms with E-state index in [0.29, 0.717) is 40.7 Å². The molecule has 0 bridgehead atoms. The first kappa shape index (κ1) is 18.2. The van der Waals surface area contributed by atoms with E-state index in [-0.39, 0.29) is 11.2 Å². The van der Waals surface area contributed by atoms with Gasteiger partial charge in [-0.05, 0) is 31.5 Å². The van der Waals surface area contributed by atoms with Crippen molar-refractivity contribution < 1.29 is 13.7 Å². The fourth-order valence-electron chi connectivity index (χ4n) is 3.29. The highest BCUT2D eigenvalue weighted by atomic mass is 35.5. The van der Waals surface area contributed by atoms with Crippen LogP contribution in [0.25, 0.3) is 11.3 Å². The standard InChI is InChI=1S/C20H19ClN2O3S/c1-13-18(19(22-26-13)14-5-2-3-6-15(14)21)20(24)23-9-8-17(27-12-10-23)16-7-4-11-25-16/h2-7,11,17H,8-10,12H2,1H3. The summed E-state index contributed by atoms with van der Waals surface area (Å²) in [5, 5.41) is 4.93. The summed E-state index contributed by atoms with van der Waals surface area (Å²) >= 11 is 8.13. The summed E-state index contributed by atoms with van der Waals surface area (Å²) in [6.07, 6.45) is 2.54. The lowest BCUT2D eigenvalue weighted by molar-refractivity contribution is 0.0765. The van der Waals surface area contributed by atoms with Crippen molar-refractivity contribution in [3.63, 3.8) is 0 Å². The van der Waals surface area contributed by atoms with Crippen molar-refractivity contribution in [3.8, 4) is 11.3 Å². The molecule has 1 aromatic carbocycles. The maximum absolute atomic E-state index is 13.3. The van der Waals surface area contributed by atoms with Crippen LogP contribution in [0, 0.1) is 6.92 Å². The van der Waals surface area contributed by atoms with E-state index in [1.807, 2.05) is 47.0 Å². The molecular formula is C20H19ClN2O3S. The molecule has 1 fully saturated rings. The molecule has 27 heavy (non-hydrogen) atoms. The van der Waals surface area contributed by atoms with Crippen molar-refractivity contribution in [2.75, 3.05) is 18.8 Å². The predicted octanol–water partition coefficient (Wildman–Crippen LogP) is 5.22. The number of rotatable bonds is 3. The second-order valence-corrected chi connectivity index (χ2v) is 8.12. The summed E-state index contributed by atoms with van der Waals surface area (Å²) in [6.45, 7) is 3.09. The zero-order chi connectivity index (χ0) is 18.8. The molecule has 1 saturated heterocycles. The van der Waals surface area contributed by atoms with Crippen LogP contribution in [-0.2, 0) is 0 Å². The van der Waals surface area contributed by atoms with E-state index in [2.05, 4.69) is 5.16 Å². The predicted molar refractivity (Wildman–Crippen MR) is 106 cm³/mol. The Bertz CT molecular complexity index is 939. The normalized spacial score (nSPS) is 17.7. The van der Waals surface area contributed by atoms with Gasteiger partial charge < -0.3 is 13.8 Å². The molecule has 3 heterocycles. The summed E-state index contributed by atoms with van der Waals surface area (Å²) in [6, 6.07) is 11.2. The number of carbonyl (C=O) groups is 1. The topological polar surface area (TPSA) is 59.5 Å². The van der Waals surface area contributed by atoms with Crippen LogP contribution in [0.15, 0.2) is 51.6 Å². The number of hydrogen-bond acceptors (Lipinski definition) is 5. The molecule has 0 N–H and O–H groups in total. The van der Waals surface area contributed by atoms with Gasteiger partial charge in [-0.15, -0.1) is 11.8 Å². The van der Waals surface area contributed by atoms with Crippen LogP contribution >= 0.6 is 23.4 Å². The van der Waals surface area contributed by atoms with E-state index >= 15 is 0 Å². The second-order valence-electron chi connectivity index (χ2n) is 6.40. The van der Waals surface area contributed by atoms with Crippen molar-refractivity contribution in [1.29, 1.82) is 0 Å². The van der Waals surface area contributed by atoms with Crippen molar-refractivity contribution in [1.82, 2.24) is 10.1 Å². The molecule has 0 spiro atoms. The fraction of sp³-hybridized carbons (Fsp3) is 0.300. The monoisotopic (exact) mass is 402 g/mol. The van der Waals surface area contributed by atoms with E-state index in [0.717, 1.165) is 17.9 Å². The van der Waals surface area contributed by atoms with E-state index in [1.54, 1.807) is 19.3 Å². The Morgan fingerprint density at radius 3 is 2.89 bits per heavy atom. The number of carbonyl (C=O) groups excluding carboxylic acids is 1. The van der Waals surface area contributed by atoms with Crippen LogP contribution < -0.4 is 0 Å². The van der Waals surface area contributed by atoms with Crippen molar-refractivity contribution >= 4 is 29.3 Å². The van der Waals surface area contributed by atoms with E-state index in [1.165, 1.54) is 0 Å². The van der Waals surface area contributed by atoms with Gasteiger partial charge >= 0.3 is 0 Å². The van der Waals surface area contributed by atoms with Crippen LogP contribution in [0.3, 0.4) is 0 Å².